The van der Waals surface area contributed by atoms with E-state index in [1.165, 1.54) is 18.3 Å². The number of nitrogens with zero attached hydrogens (tertiary/aromatic N) is 1. The first-order chi connectivity index (χ1) is 13.3. The van der Waals surface area contributed by atoms with Crippen molar-refractivity contribution in [3.8, 4) is 11.1 Å². The molecule has 1 aromatic heterocycles. The number of nitrogens with one attached hydrogen (secondary N) is 1. The van der Waals surface area contributed by atoms with Gasteiger partial charge in [-0.3, -0.25) is 4.98 Å². The average molecular weight is 386 g/mol. The Morgan fingerprint density at radius 3 is 2.14 bits per heavy atom. The largest absolute Gasteiger partial charge is 0.462 e. The van der Waals surface area contributed by atoms with E-state index in [-0.39, 0.29) is 18.8 Å². The molecule has 6 nitrogen and oxygen atoms in total. The van der Waals surface area contributed by atoms with Crippen molar-refractivity contribution in [3.05, 3.63) is 59.3 Å². The topological polar surface area (TPSA) is 77.5 Å². The van der Waals surface area contributed by atoms with Gasteiger partial charge < -0.3 is 14.8 Å². The number of esters is 2. The van der Waals surface area contributed by atoms with E-state index < -0.39 is 17.8 Å². The van der Waals surface area contributed by atoms with Crippen LogP contribution < -0.4 is 5.32 Å². The molecule has 0 aliphatic rings. The van der Waals surface area contributed by atoms with Crippen molar-refractivity contribution in [2.75, 3.05) is 18.5 Å². The zero-order valence-electron chi connectivity index (χ0n) is 16.3. The van der Waals surface area contributed by atoms with Gasteiger partial charge in [-0.1, -0.05) is 0 Å². The summed E-state index contributed by atoms with van der Waals surface area (Å²) < 4.78 is 24.1. The molecule has 1 N–H and O–H groups in total. The monoisotopic (exact) mass is 386 g/mol. The minimum atomic E-state index is -0.795. The number of benzene rings is 1. The molecule has 148 valence electrons. The van der Waals surface area contributed by atoms with Crippen molar-refractivity contribution in [2.24, 2.45) is 0 Å². The van der Waals surface area contributed by atoms with Gasteiger partial charge in [-0.15, -0.1) is 0 Å². The Hall–Kier alpha value is -3.22. The van der Waals surface area contributed by atoms with Crippen LogP contribution in [0.3, 0.4) is 0 Å². The Balaban J connectivity index is 2.35. The second-order valence-electron chi connectivity index (χ2n) is 5.98. The molecule has 0 fully saturated rings. The first kappa shape index (κ1) is 21.1. The van der Waals surface area contributed by atoms with Gasteiger partial charge in [-0.25, -0.2) is 14.0 Å². The van der Waals surface area contributed by atoms with Crippen LogP contribution >= 0.6 is 0 Å². The highest BCUT2D eigenvalue weighted by atomic mass is 19.1. The number of carbonyl (C=O) groups is 2. The van der Waals surface area contributed by atoms with Crippen LogP contribution in [0, 0.1) is 19.7 Å². The third kappa shape index (κ3) is 5.39. The molecule has 1 aromatic carbocycles. The molecule has 0 saturated carbocycles. The SMILES string of the molecule is CCOC(=O)C(=CNc1ccc(F)c(-c2cc(C)nc(C)c2)c1)C(=O)OCC. The van der Waals surface area contributed by atoms with E-state index >= 15 is 0 Å². The lowest BCUT2D eigenvalue weighted by atomic mass is 10.0. The number of anilines is 1. The van der Waals surface area contributed by atoms with Crippen molar-refractivity contribution >= 4 is 17.6 Å². The first-order valence-corrected chi connectivity index (χ1v) is 8.91. The molecular formula is C21H23FN2O4. The predicted octanol–water partition coefficient (Wildman–Crippen LogP) is 3.93. The van der Waals surface area contributed by atoms with Gasteiger partial charge in [-0.2, -0.15) is 0 Å². The van der Waals surface area contributed by atoms with Crippen molar-refractivity contribution in [1.29, 1.82) is 0 Å². The molecule has 0 saturated heterocycles. The van der Waals surface area contributed by atoms with Gasteiger partial charge >= 0.3 is 11.9 Å². The highest BCUT2D eigenvalue weighted by Crippen LogP contribution is 2.27. The summed E-state index contributed by atoms with van der Waals surface area (Å²) in [5.41, 5.74) is 2.84. The van der Waals surface area contributed by atoms with Crippen LogP contribution in [-0.4, -0.2) is 30.1 Å². The Kier molecular flexibility index (Phi) is 7.26. The number of aryl methyl sites for hydroxylation is 2. The summed E-state index contributed by atoms with van der Waals surface area (Å²) in [6.07, 6.45) is 1.20. The number of ether oxygens (including phenoxy) is 2. The number of aromatic nitrogens is 1. The fourth-order valence-electron chi connectivity index (χ4n) is 2.60. The van der Waals surface area contributed by atoms with Crippen LogP contribution in [0.4, 0.5) is 10.1 Å². The van der Waals surface area contributed by atoms with Gasteiger partial charge in [0.05, 0.1) is 13.2 Å². The van der Waals surface area contributed by atoms with E-state index in [9.17, 15) is 14.0 Å². The van der Waals surface area contributed by atoms with Crippen molar-refractivity contribution in [2.45, 2.75) is 27.7 Å². The molecule has 7 heteroatoms. The zero-order chi connectivity index (χ0) is 20.7. The van der Waals surface area contributed by atoms with E-state index in [0.29, 0.717) is 16.8 Å². The maximum absolute atomic E-state index is 14.4. The second kappa shape index (κ2) is 9.64. The summed E-state index contributed by atoms with van der Waals surface area (Å²) >= 11 is 0. The molecule has 2 aromatic rings. The summed E-state index contributed by atoms with van der Waals surface area (Å²) in [5, 5.41) is 2.84. The molecule has 0 atom stereocenters. The molecule has 0 aliphatic heterocycles. The predicted molar refractivity (Wildman–Crippen MR) is 104 cm³/mol. The van der Waals surface area contributed by atoms with E-state index in [1.54, 1.807) is 32.0 Å². The Morgan fingerprint density at radius 1 is 1.04 bits per heavy atom. The van der Waals surface area contributed by atoms with Gasteiger partial charge in [0.1, 0.15) is 5.82 Å². The van der Waals surface area contributed by atoms with Gasteiger partial charge in [0.15, 0.2) is 5.57 Å². The summed E-state index contributed by atoms with van der Waals surface area (Å²) in [5.74, 6) is -1.98. The second-order valence-corrected chi connectivity index (χ2v) is 5.98. The smallest absolute Gasteiger partial charge is 0.347 e. The Labute approximate surface area is 163 Å². The van der Waals surface area contributed by atoms with E-state index in [2.05, 4.69) is 10.3 Å². The zero-order valence-corrected chi connectivity index (χ0v) is 16.3. The number of hydrogen-bond acceptors (Lipinski definition) is 6. The number of carbonyl (C=O) groups excluding carboxylic acids is 2. The van der Waals surface area contributed by atoms with Crippen LogP contribution in [-0.2, 0) is 19.1 Å². The summed E-state index contributed by atoms with van der Waals surface area (Å²) in [6, 6.07) is 7.98. The lowest BCUT2D eigenvalue weighted by Crippen LogP contribution is -2.19. The fraction of sp³-hybridized carbons (Fsp3) is 0.286. The van der Waals surface area contributed by atoms with Crippen molar-refractivity contribution in [3.63, 3.8) is 0 Å². The molecule has 0 radical (unpaired) electrons. The quantitative estimate of drug-likeness (QED) is 0.336. The van der Waals surface area contributed by atoms with Crippen LogP contribution in [0.2, 0.25) is 0 Å². The number of pyridine rings is 1. The van der Waals surface area contributed by atoms with Crippen LogP contribution in [0.5, 0.6) is 0 Å². The number of halogens is 1. The van der Waals surface area contributed by atoms with E-state index in [0.717, 1.165) is 11.4 Å². The molecule has 28 heavy (non-hydrogen) atoms. The van der Waals surface area contributed by atoms with Crippen molar-refractivity contribution in [1.82, 2.24) is 4.98 Å². The van der Waals surface area contributed by atoms with Crippen LogP contribution in [0.15, 0.2) is 42.1 Å². The van der Waals surface area contributed by atoms with Crippen LogP contribution in [0.25, 0.3) is 11.1 Å². The average Bonchev–Trinajstić information content (AvgIpc) is 2.62. The fourth-order valence-corrected chi connectivity index (χ4v) is 2.60. The highest BCUT2D eigenvalue weighted by molar-refractivity contribution is 6.14. The normalized spacial score (nSPS) is 10.2. The third-order valence-corrected chi connectivity index (χ3v) is 3.73. The maximum atomic E-state index is 14.4. The van der Waals surface area contributed by atoms with Gasteiger partial charge in [0.2, 0.25) is 0 Å². The maximum Gasteiger partial charge on any atom is 0.347 e. The third-order valence-electron chi connectivity index (χ3n) is 3.73. The van der Waals surface area contributed by atoms with E-state index in [4.69, 9.17) is 9.47 Å². The number of hydrogen-bond donors (Lipinski definition) is 1. The van der Waals surface area contributed by atoms with Gasteiger partial charge in [0.25, 0.3) is 0 Å². The summed E-state index contributed by atoms with van der Waals surface area (Å²) in [6.45, 7) is 7.19. The Morgan fingerprint density at radius 2 is 1.61 bits per heavy atom. The molecule has 2 rings (SSSR count). The Bertz CT molecular complexity index is 869. The highest BCUT2D eigenvalue weighted by Gasteiger charge is 2.21. The molecular weight excluding hydrogens is 363 g/mol. The summed E-state index contributed by atoms with van der Waals surface area (Å²) in [7, 11) is 0. The van der Waals surface area contributed by atoms with E-state index in [1.807, 2.05) is 13.8 Å². The number of rotatable bonds is 7. The van der Waals surface area contributed by atoms with Gasteiger partial charge in [-0.05, 0) is 63.6 Å². The minimum Gasteiger partial charge on any atom is -0.462 e. The molecule has 0 unspecified atom stereocenters. The van der Waals surface area contributed by atoms with Crippen molar-refractivity contribution < 1.29 is 23.5 Å². The molecule has 1 heterocycles. The molecule has 0 aliphatic carbocycles. The standard InChI is InChI=1S/C21H23FN2O4/c1-5-27-20(25)18(21(26)28-6-2)12-23-16-7-8-19(22)17(11-16)15-9-13(3)24-14(4)10-15/h7-12,23H,5-6H2,1-4H3. The molecule has 0 amide bonds. The first-order valence-electron chi connectivity index (χ1n) is 8.91. The lowest BCUT2D eigenvalue weighted by Gasteiger charge is -2.10. The minimum absolute atomic E-state index is 0.122. The summed E-state index contributed by atoms with van der Waals surface area (Å²) in [4.78, 5) is 28.3. The van der Waals surface area contributed by atoms with Crippen LogP contribution in [0.1, 0.15) is 25.2 Å². The molecule has 0 bridgehead atoms. The van der Waals surface area contributed by atoms with Gasteiger partial charge in [0, 0.05) is 28.8 Å². The lowest BCUT2D eigenvalue weighted by molar-refractivity contribution is -0.146. The molecule has 0 spiro atoms.